The zero-order chi connectivity index (χ0) is 28.2. The number of nitrogens with two attached hydrogens (primary N) is 1. The predicted octanol–water partition coefficient (Wildman–Crippen LogP) is 10.0. The van der Waals surface area contributed by atoms with Crippen molar-refractivity contribution in [2.24, 2.45) is 20.5 Å². The Bertz CT molecular complexity index is 1700. The van der Waals surface area contributed by atoms with E-state index < -0.39 is 10.9 Å². The van der Waals surface area contributed by atoms with Crippen LogP contribution in [0.4, 0.5) is 28.4 Å². The quantitative estimate of drug-likeness (QED) is 0.110. The summed E-state index contributed by atoms with van der Waals surface area (Å²) in [6.07, 6.45) is 0. The Morgan fingerprint density at radius 3 is 2.03 bits per heavy atom. The summed E-state index contributed by atoms with van der Waals surface area (Å²) in [6.45, 7) is 5.94. The molecular weight excluding hydrogens is 514 g/mol. The highest BCUT2D eigenvalue weighted by Crippen LogP contribution is 2.54. The zero-order valence-corrected chi connectivity index (χ0v) is 22.5. The number of rotatable bonds is 5. The van der Waals surface area contributed by atoms with Gasteiger partial charge in [-0.05, 0) is 60.8 Å². The lowest BCUT2D eigenvalue weighted by molar-refractivity contribution is 0.375. The summed E-state index contributed by atoms with van der Waals surface area (Å²) < 4.78 is 30.1. The van der Waals surface area contributed by atoms with Crippen LogP contribution in [-0.2, 0) is 0 Å². The van der Waals surface area contributed by atoms with Crippen LogP contribution in [0.25, 0.3) is 21.5 Å². The monoisotopic (exact) mass is 543 g/mol. The van der Waals surface area contributed by atoms with Gasteiger partial charge in [0.25, 0.3) is 0 Å². The highest BCUT2D eigenvalue weighted by Gasteiger charge is 2.25. The molecule has 5 aromatic rings. The fraction of sp³-hybridized carbons (Fsp3) is 0.103. The van der Waals surface area contributed by atoms with Gasteiger partial charge in [-0.1, -0.05) is 55.8 Å². The van der Waals surface area contributed by atoms with Gasteiger partial charge in [-0.3, -0.25) is 0 Å². The Balaban J connectivity index is 0.00000172. The molecule has 39 heavy (non-hydrogen) atoms. The molecule has 0 fully saturated rings. The SMILES string of the molecule is CC.Cc1ccc2c(N=Nc3ccccc3)ccc(N=Nc3c(S(O)(O)O)cc4ccc(N)cc4c3O)c2c1. The summed E-state index contributed by atoms with van der Waals surface area (Å²) >= 11 is 0. The molecule has 9 nitrogen and oxygen atoms in total. The van der Waals surface area contributed by atoms with Gasteiger partial charge in [0.1, 0.15) is 16.6 Å². The Labute approximate surface area is 227 Å². The van der Waals surface area contributed by atoms with Gasteiger partial charge in [0.05, 0.1) is 22.0 Å². The maximum atomic E-state index is 10.9. The van der Waals surface area contributed by atoms with E-state index in [9.17, 15) is 18.8 Å². The number of aromatic hydroxyl groups is 1. The molecule has 200 valence electrons. The molecule has 0 atom stereocenters. The van der Waals surface area contributed by atoms with Crippen LogP contribution in [0.2, 0.25) is 0 Å². The van der Waals surface area contributed by atoms with Crippen LogP contribution in [0, 0.1) is 6.92 Å². The van der Waals surface area contributed by atoms with E-state index in [0.717, 1.165) is 22.0 Å². The van der Waals surface area contributed by atoms with Gasteiger partial charge >= 0.3 is 0 Å². The number of phenolic OH excluding ortho intramolecular Hbond substituents is 1. The molecule has 0 spiro atoms. The number of nitrogen functional groups attached to an aromatic ring is 1. The van der Waals surface area contributed by atoms with Crippen molar-refractivity contribution in [3.8, 4) is 5.75 Å². The number of anilines is 1. The number of azo groups is 2. The van der Waals surface area contributed by atoms with Crippen molar-refractivity contribution >= 4 is 60.9 Å². The van der Waals surface area contributed by atoms with Crippen molar-refractivity contribution in [2.75, 3.05) is 5.73 Å². The number of phenols is 1. The number of nitrogens with zero attached hydrogens (tertiary/aromatic N) is 4. The second-order valence-corrected chi connectivity index (χ2v) is 9.94. The molecule has 0 bridgehead atoms. The summed E-state index contributed by atoms with van der Waals surface area (Å²) in [5.74, 6) is -0.383. The van der Waals surface area contributed by atoms with Gasteiger partial charge in [0, 0.05) is 21.8 Å². The lowest BCUT2D eigenvalue weighted by Crippen LogP contribution is -1.97. The van der Waals surface area contributed by atoms with Gasteiger partial charge in [-0.25, -0.2) is 0 Å². The largest absolute Gasteiger partial charge is 0.505 e. The molecular formula is C29H29N5O4S. The van der Waals surface area contributed by atoms with Gasteiger partial charge in [-0.2, -0.15) is 5.11 Å². The number of hydrogen-bond donors (Lipinski definition) is 5. The average Bonchev–Trinajstić information content (AvgIpc) is 2.93. The minimum atomic E-state index is -4.22. The van der Waals surface area contributed by atoms with Crippen LogP contribution in [0.5, 0.6) is 5.75 Å². The van der Waals surface area contributed by atoms with E-state index in [4.69, 9.17) is 5.73 Å². The fourth-order valence-electron chi connectivity index (χ4n) is 3.98. The smallest absolute Gasteiger partial charge is 0.152 e. The second-order valence-electron chi connectivity index (χ2n) is 8.46. The molecule has 0 radical (unpaired) electrons. The first-order chi connectivity index (χ1) is 18.7. The summed E-state index contributed by atoms with van der Waals surface area (Å²) in [5, 5.41) is 30.4. The standard InChI is InChI=1S/C27H23N5O4S.C2H6/c1-16-7-10-20-22(13-16)24(12-11-23(20)30-29-19-5-3-2-4-6-19)31-32-26-25(37(34,35)36)14-17-8-9-18(28)15-21(17)27(26)33;1-2/h2-15,33-36H,28H2,1H3;1-2H3. The highest BCUT2D eigenvalue weighted by atomic mass is 32.3. The first-order valence-corrected chi connectivity index (χ1v) is 13.7. The van der Waals surface area contributed by atoms with Gasteiger partial charge < -0.3 is 24.5 Å². The maximum absolute atomic E-state index is 10.9. The van der Waals surface area contributed by atoms with E-state index in [-0.39, 0.29) is 16.3 Å². The highest BCUT2D eigenvalue weighted by molar-refractivity contribution is 8.19. The molecule has 0 saturated carbocycles. The zero-order valence-electron chi connectivity index (χ0n) is 21.6. The Morgan fingerprint density at radius 2 is 1.33 bits per heavy atom. The van der Waals surface area contributed by atoms with Crippen molar-refractivity contribution in [1.82, 2.24) is 0 Å². The van der Waals surface area contributed by atoms with Crippen LogP contribution < -0.4 is 5.73 Å². The second kappa shape index (κ2) is 11.6. The minimum Gasteiger partial charge on any atom is -0.505 e. The van der Waals surface area contributed by atoms with Crippen LogP contribution >= 0.6 is 10.9 Å². The predicted molar refractivity (Wildman–Crippen MR) is 159 cm³/mol. The van der Waals surface area contributed by atoms with Crippen LogP contribution in [0.15, 0.2) is 110 Å². The van der Waals surface area contributed by atoms with Crippen molar-refractivity contribution < 1.29 is 18.8 Å². The van der Waals surface area contributed by atoms with Crippen molar-refractivity contribution in [1.29, 1.82) is 0 Å². The normalized spacial score (nSPS) is 12.3. The molecule has 0 heterocycles. The molecule has 0 aliphatic heterocycles. The van der Waals surface area contributed by atoms with E-state index >= 15 is 0 Å². The van der Waals surface area contributed by atoms with E-state index in [1.807, 2.05) is 69.3 Å². The third kappa shape index (κ3) is 6.05. The maximum Gasteiger partial charge on any atom is 0.152 e. The minimum absolute atomic E-state index is 0.269. The summed E-state index contributed by atoms with van der Waals surface area (Å²) in [5.41, 5.74) is 8.77. The number of benzene rings is 5. The first-order valence-electron chi connectivity index (χ1n) is 12.2. The van der Waals surface area contributed by atoms with E-state index in [1.165, 1.54) is 12.1 Å². The van der Waals surface area contributed by atoms with Crippen LogP contribution in [0.1, 0.15) is 19.4 Å². The fourth-order valence-corrected chi connectivity index (χ4v) is 4.66. The van der Waals surface area contributed by atoms with Gasteiger partial charge in [-0.15, -0.1) is 15.3 Å². The van der Waals surface area contributed by atoms with Crippen LogP contribution in [-0.4, -0.2) is 18.8 Å². The summed E-state index contributed by atoms with van der Waals surface area (Å²) in [6, 6.07) is 24.7. The molecule has 0 aliphatic rings. The molecule has 0 saturated heterocycles. The third-order valence-corrected chi connectivity index (χ3v) is 6.69. The van der Waals surface area contributed by atoms with E-state index in [2.05, 4.69) is 20.5 Å². The molecule has 5 rings (SSSR count). The topological polar surface area (TPSA) is 156 Å². The Morgan fingerprint density at radius 1 is 0.667 bits per heavy atom. The molecule has 0 unspecified atom stereocenters. The molecule has 10 heteroatoms. The number of fused-ring (bicyclic) bond motifs is 2. The first kappa shape index (κ1) is 27.7. The summed E-state index contributed by atoms with van der Waals surface area (Å²) in [7, 11) is -4.22. The molecule has 0 aromatic heterocycles. The van der Waals surface area contributed by atoms with E-state index in [0.29, 0.717) is 27.8 Å². The van der Waals surface area contributed by atoms with Crippen molar-refractivity contribution in [2.45, 2.75) is 25.7 Å². The lowest BCUT2D eigenvalue weighted by atomic mass is 10.0. The van der Waals surface area contributed by atoms with E-state index in [1.54, 1.807) is 24.3 Å². The third-order valence-electron chi connectivity index (χ3n) is 5.78. The molecule has 5 aromatic carbocycles. The number of aryl methyl sites for hydroxylation is 1. The molecule has 6 N–H and O–H groups in total. The molecule has 0 aliphatic carbocycles. The summed E-state index contributed by atoms with van der Waals surface area (Å²) in [4.78, 5) is -0.347. The number of hydrogen-bond acceptors (Lipinski definition) is 9. The average molecular weight is 544 g/mol. The van der Waals surface area contributed by atoms with Crippen molar-refractivity contribution in [3.05, 3.63) is 90.5 Å². The van der Waals surface area contributed by atoms with Crippen LogP contribution in [0.3, 0.4) is 0 Å². The molecule has 0 amide bonds. The van der Waals surface area contributed by atoms with Gasteiger partial charge in [0.15, 0.2) is 5.75 Å². The Kier molecular flexibility index (Phi) is 8.22. The van der Waals surface area contributed by atoms with Gasteiger partial charge in [0.2, 0.25) is 0 Å². The lowest BCUT2D eigenvalue weighted by Gasteiger charge is -2.22. The van der Waals surface area contributed by atoms with Crippen molar-refractivity contribution in [3.63, 3.8) is 0 Å². The Hall–Kier alpha value is -4.35.